The molecule has 0 radical (unpaired) electrons. The number of halogens is 3. The van der Waals surface area contributed by atoms with E-state index in [1.807, 2.05) is 38.4 Å². The average Bonchev–Trinajstić information content (AvgIpc) is 3.25. The number of aromatic nitrogens is 2. The lowest BCUT2D eigenvalue weighted by molar-refractivity contribution is -0.274. The summed E-state index contributed by atoms with van der Waals surface area (Å²) in [5.74, 6) is 2.74. The van der Waals surface area contributed by atoms with Gasteiger partial charge in [0.05, 0.1) is 19.0 Å². The molecule has 0 saturated carbocycles. The smallest absolute Gasteiger partial charge is 0.494 e. The molecule has 0 amide bonds. The third kappa shape index (κ3) is 9.14. The summed E-state index contributed by atoms with van der Waals surface area (Å²) < 4.78 is 57.7. The summed E-state index contributed by atoms with van der Waals surface area (Å²) in [5.41, 5.74) is 0.800. The van der Waals surface area contributed by atoms with Crippen molar-refractivity contribution in [3.63, 3.8) is 0 Å². The molecule has 3 aromatic rings. The van der Waals surface area contributed by atoms with Gasteiger partial charge in [0, 0.05) is 23.9 Å². The molecule has 0 aliphatic rings. The fourth-order valence-corrected chi connectivity index (χ4v) is 3.47. The van der Waals surface area contributed by atoms with Crippen LogP contribution in [0.4, 0.5) is 13.2 Å². The zero-order chi connectivity index (χ0) is 24.4. The quantitative estimate of drug-likeness (QED) is 0.296. The van der Waals surface area contributed by atoms with Crippen molar-refractivity contribution in [1.82, 2.24) is 15.1 Å². The molecule has 0 aliphatic heterocycles. The lowest BCUT2D eigenvalue weighted by Crippen LogP contribution is -2.17. The molecule has 0 aliphatic carbocycles. The Bertz CT molecular complexity index is 1010. The lowest BCUT2D eigenvalue weighted by atomic mass is 10.2. The van der Waals surface area contributed by atoms with E-state index in [9.17, 15) is 13.2 Å². The van der Waals surface area contributed by atoms with Gasteiger partial charge >= 0.3 is 6.36 Å². The van der Waals surface area contributed by atoms with Crippen LogP contribution in [0.2, 0.25) is 0 Å². The lowest BCUT2D eigenvalue weighted by Gasteiger charge is -2.10. The summed E-state index contributed by atoms with van der Waals surface area (Å²) in [6.45, 7) is 1.92. The molecule has 0 fully saturated rings. The summed E-state index contributed by atoms with van der Waals surface area (Å²) in [5, 5.41) is 8.14. The van der Waals surface area contributed by atoms with Gasteiger partial charge in [-0.2, -0.15) is 0 Å². The number of thioether (sulfide) groups is 1. The number of ether oxygens (including phenoxy) is 3. The zero-order valence-corrected chi connectivity index (χ0v) is 19.7. The van der Waals surface area contributed by atoms with Crippen LogP contribution in [-0.2, 0) is 5.75 Å². The molecule has 2 aromatic carbocycles. The molecule has 184 valence electrons. The average molecular weight is 498 g/mol. The molecule has 0 atom stereocenters. The highest BCUT2D eigenvalue weighted by Crippen LogP contribution is 2.26. The largest absolute Gasteiger partial charge is 0.573 e. The van der Waals surface area contributed by atoms with Gasteiger partial charge in [-0.25, -0.2) is 0 Å². The van der Waals surface area contributed by atoms with Crippen LogP contribution in [-0.4, -0.2) is 61.1 Å². The van der Waals surface area contributed by atoms with Crippen molar-refractivity contribution < 1.29 is 31.8 Å². The minimum absolute atomic E-state index is 0.299. The van der Waals surface area contributed by atoms with Crippen LogP contribution in [0.5, 0.6) is 17.2 Å². The zero-order valence-electron chi connectivity index (χ0n) is 18.9. The molecule has 11 heteroatoms. The maximum absolute atomic E-state index is 12.3. The number of nitrogens with zero attached hydrogens (tertiary/aromatic N) is 3. The van der Waals surface area contributed by atoms with Crippen molar-refractivity contribution in [2.75, 3.05) is 39.6 Å². The number of alkyl halides is 3. The van der Waals surface area contributed by atoms with E-state index in [4.69, 9.17) is 13.9 Å². The number of rotatable bonds is 13. The number of hydrogen-bond acceptors (Lipinski definition) is 8. The summed E-state index contributed by atoms with van der Waals surface area (Å²) in [7, 11) is 4.06. The van der Waals surface area contributed by atoms with Gasteiger partial charge in [0.2, 0.25) is 11.8 Å². The van der Waals surface area contributed by atoms with Crippen molar-refractivity contribution in [1.29, 1.82) is 0 Å². The van der Waals surface area contributed by atoms with Crippen LogP contribution in [0.15, 0.2) is 52.9 Å². The molecular weight excluding hydrogens is 471 g/mol. The van der Waals surface area contributed by atoms with E-state index >= 15 is 0 Å². The SMILES string of the molecule is CN(C)CCCOc1ccc(-c2nnc(CSCCOc3cccc(OC(F)(F)F)c3)o2)cc1. The fraction of sp³-hybridized carbons (Fsp3) is 0.391. The van der Waals surface area contributed by atoms with Crippen LogP contribution < -0.4 is 14.2 Å². The van der Waals surface area contributed by atoms with Crippen molar-refractivity contribution in [2.24, 2.45) is 0 Å². The van der Waals surface area contributed by atoms with Gasteiger partial charge in [-0.3, -0.25) is 0 Å². The Balaban J connectivity index is 1.38. The summed E-state index contributed by atoms with van der Waals surface area (Å²) in [6.07, 6.45) is -3.79. The van der Waals surface area contributed by atoms with Gasteiger partial charge in [0.1, 0.15) is 17.2 Å². The summed E-state index contributed by atoms with van der Waals surface area (Å²) in [6, 6.07) is 12.9. The van der Waals surface area contributed by atoms with Crippen LogP contribution in [0, 0.1) is 0 Å². The van der Waals surface area contributed by atoms with Crippen molar-refractivity contribution >= 4 is 11.8 Å². The molecule has 3 rings (SSSR count). The highest BCUT2D eigenvalue weighted by Gasteiger charge is 2.31. The van der Waals surface area contributed by atoms with Crippen LogP contribution in [0.1, 0.15) is 12.3 Å². The van der Waals surface area contributed by atoms with Crippen molar-refractivity contribution in [2.45, 2.75) is 18.5 Å². The van der Waals surface area contributed by atoms with Gasteiger partial charge < -0.3 is 23.5 Å². The third-order valence-electron chi connectivity index (χ3n) is 4.35. The first-order chi connectivity index (χ1) is 16.3. The molecule has 1 aromatic heterocycles. The van der Waals surface area contributed by atoms with Crippen LogP contribution in [0.25, 0.3) is 11.5 Å². The Morgan fingerprint density at radius 1 is 0.941 bits per heavy atom. The second-order valence-corrected chi connectivity index (χ2v) is 8.56. The van der Waals surface area contributed by atoms with E-state index in [-0.39, 0.29) is 5.75 Å². The van der Waals surface area contributed by atoms with E-state index in [1.165, 1.54) is 30.0 Å². The van der Waals surface area contributed by atoms with E-state index < -0.39 is 6.36 Å². The van der Waals surface area contributed by atoms with Crippen molar-refractivity contribution in [3.05, 3.63) is 54.4 Å². The molecule has 0 N–H and O–H groups in total. The second kappa shape index (κ2) is 12.5. The molecule has 0 saturated heterocycles. The Morgan fingerprint density at radius 3 is 2.41 bits per heavy atom. The molecule has 0 unspecified atom stereocenters. The van der Waals surface area contributed by atoms with E-state index in [2.05, 4.69) is 19.8 Å². The van der Waals surface area contributed by atoms with Gasteiger partial charge in [-0.1, -0.05) is 6.07 Å². The van der Waals surface area contributed by atoms with Crippen LogP contribution >= 0.6 is 11.8 Å². The van der Waals surface area contributed by atoms with E-state index in [1.54, 1.807) is 6.07 Å². The number of hydrogen-bond donors (Lipinski definition) is 0. The first kappa shape index (κ1) is 25.7. The fourth-order valence-electron chi connectivity index (χ4n) is 2.83. The van der Waals surface area contributed by atoms with E-state index in [0.717, 1.165) is 24.3 Å². The molecule has 34 heavy (non-hydrogen) atoms. The highest BCUT2D eigenvalue weighted by atomic mass is 32.2. The standard InChI is InChI=1S/C23H26F3N3O4S/c1-29(2)11-4-12-30-18-9-7-17(8-10-18)22-28-27-21(32-22)16-34-14-13-31-19-5-3-6-20(15-19)33-23(24,25)26/h3,5-10,15H,4,11-14,16H2,1-2H3. The second-order valence-electron chi connectivity index (χ2n) is 7.45. The predicted octanol–water partition coefficient (Wildman–Crippen LogP) is 5.28. The summed E-state index contributed by atoms with van der Waals surface area (Å²) in [4.78, 5) is 2.11. The Hall–Kier alpha value is -2.92. The molecule has 7 nitrogen and oxygen atoms in total. The minimum Gasteiger partial charge on any atom is -0.494 e. The topological polar surface area (TPSA) is 69.9 Å². The first-order valence-electron chi connectivity index (χ1n) is 10.6. The summed E-state index contributed by atoms with van der Waals surface area (Å²) >= 11 is 1.51. The Kier molecular flexibility index (Phi) is 9.46. The predicted molar refractivity (Wildman–Crippen MR) is 123 cm³/mol. The first-order valence-corrected chi connectivity index (χ1v) is 11.7. The molecular formula is C23H26F3N3O4S. The van der Waals surface area contributed by atoms with Crippen molar-refractivity contribution in [3.8, 4) is 28.7 Å². The Morgan fingerprint density at radius 2 is 1.68 bits per heavy atom. The van der Waals surface area contributed by atoms with Gasteiger partial charge in [-0.05, 0) is 56.9 Å². The molecule has 0 spiro atoms. The minimum atomic E-state index is -4.74. The maximum Gasteiger partial charge on any atom is 0.573 e. The highest BCUT2D eigenvalue weighted by molar-refractivity contribution is 7.98. The third-order valence-corrected chi connectivity index (χ3v) is 5.25. The van der Waals surface area contributed by atoms with E-state index in [0.29, 0.717) is 42.3 Å². The maximum atomic E-state index is 12.3. The van der Waals surface area contributed by atoms with Gasteiger partial charge in [0.25, 0.3) is 0 Å². The Labute approximate surface area is 200 Å². The number of benzene rings is 2. The molecule has 0 bridgehead atoms. The molecule has 1 heterocycles. The van der Waals surface area contributed by atoms with Gasteiger partial charge in [0.15, 0.2) is 0 Å². The van der Waals surface area contributed by atoms with Crippen LogP contribution in [0.3, 0.4) is 0 Å². The monoisotopic (exact) mass is 497 g/mol. The van der Waals surface area contributed by atoms with Gasteiger partial charge in [-0.15, -0.1) is 35.1 Å². The normalized spacial score (nSPS) is 11.6.